The van der Waals surface area contributed by atoms with Gasteiger partial charge in [-0.1, -0.05) is 12.1 Å². The number of urea groups is 1. The van der Waals surface area contributed by atoms with Crippen LogP contribution in [-0.4, -0.2) is 76.0 Å². The first-order chi connectivity index (χ1) is 13.4. The van der Waals surface area contributed by atoms with Crippen LogP contribution in [0.1, 0.15) is 32.4 Å². The van der Waals surface area contributed by atoms with Crippen molar-refractivity contribution in [3.63, 3.8) is 0 Å². The van der Waals surface area contributed by atoms with Gasteiger partial charge in [-0.15, -0.1) is 0 Å². The summed E-state index contributed by atoms with van der Waals surface area (Å²) < 4.78 is 7.13. The molecule has 1 fully saturated rings. The Hall–Kier alpha value is -2.45. The van der Waals surface area contributed by atoms with Gasteiger partial charge in [0.2, 0.25) is 0 Å². The average Bonchev–Trinajstić information content (AvgIpc) is 3.26. The van der Waals surface area contributed by atoms with Crippen molar-refractivity contribution < 1.29 is 9.53 Å². The highest BCUT2D eigenvalue weighted by atomic mass is 16.5. The van der Waals surface area contributed by atoms with Crippen molar-refractivity contribution in [1.82, 2.24) is 29.9 Å². The third-order valence-electron chi connectivity index (χ3n) is 5.50. The lowest BCUT2D eigenvalue weighted by Crippen LogP contribution is -2.56. The molecule has 152 valence electrons. The van der Waals surface area contributed by atoms with Crippen molar-refractivity contribution >= 4 is 6.03 Å². The maximum absolute atomic E-state index is 12.7. The largest absolute Gasteiger partial charge is 0.379 e. The zero-order valence-electron chi connectivity index (χ0n) is 17.1. The second-order valence-electron chi connectivity index (χ2n) is 7.79. The summed E-state index contributed by atoms with van der Waals surface area (Å²) in [5.41, 5.74) is 1.89. The molecule has 0 unspecified atom stereocenters. The summed E-state index contributed by atoms with van der Waals surface area (Å²) in [5, 5.41) is 7.22. The van der Waals surface area contributed by atoms with E-state index in [1.54, 1.807) is 15.9 Å². The molecule has 0 bridgehead atoms. The Labute approximate surface area is 166 Å². The van der Waals surface area contributed by atoms with E-state index in [4.69, 9.17) is 4.74 Å². The monoisotopic (exact) mass is 386 g/mol. The molecule has 1 saturated heterocycles. The van der Waals surface area contributed by atoms with Crippen LogP contribution in [0.15, 0.2) is 36.9 Å². The summed E-state index contributed by atoms with van der Waals surface area (Å²) in [4.78, 5) is 20.8. The smallest absolute Gasteiger partial charge is 0.317 e. The van der Waals surface area contributed by atoms with Crippen LogP contribution >= 0.6 is 0 Å². The fourth-order valence-corrected chi connectivity index (χ4v) is 3.34. The Morgan fingerprint density at radius 1 is 1.29 bits per heavy atom. The van der Waals surface area contributed by atoms with Crippen LogP contribution in [0.2, 0.25) is 0 Å². The minimum atomic E-state index is -0.108. The van der Waals surface area contributed by atoms with E-state index in [2.05, 4.69) is 34.1 Å². The molecular weight excluding hydrogens is 356 g/mol. The second-order valence-corrected chi connectivity index (χ2v) is 7.79. The lowest BCUT2D eigenvalue weighted by molar-refractivity contribution is -0.00906. The highest BCUT2D eigenvalue weighted by molar-refractivity contribution is 5.74. The van der Waals surface area contributed by atoms with Gasteiger partial charge in [0.05, 0.1) is 24.9 Å². The van der Waals surface area contributed by atoms with E-state index in [1.807, 2.05) is 38.2 Å². The van der Waals surface area contributed by atoms with E-state index in [0.717, 1.165) is 37.6 Å². The molecule has 1 aromatic heterocycles. The highest BCUT2D eigenvalue weighted by Gasteiger charge is 2.29. The fraction of sp³-hybridized carbons (Fsp3) is 0.550. The number of carbonyl (C=O) groups excluding carboxylic acids is 1. The molecular formula is C20H30N6O2. The molecule has 1 aromatic carbocycles. The van der Waals surface area contributed by atoms with Gasteiger partial charge < -0.3 is 15.0 Å². The average molecular weight is 387 g/mol. The molecule has 8 nitrogen and oxygen atoms in total. The molecule has 1 atom stereocenters. The summed E-state index contributed by atoms with van der Waals surface area (Å²) in [6, 6.07) is 7.87. The Balaban J connectivity index is 1.56. The van der Waals surface area contributed by atoms with E-state index in [9.17, 15) is 4.79 Å². The Bertz CT molecular complexity index is 754. The molecule has 2 aromatic rings. The van der Waals surface area contributed by atoms with Gasteiger partial charge >= 0.3 is 6.03 Å². The number of amides is 2. The molecule has 0 spiro atoms. The molecule has 1 N–H and O–H groups in total. The van der Waals surface area contributed by atoms with E-state index >= 15 is 0 Å². The Kier molecular flexibility index (Phi) is 6.31. The summed E-state index contributed by atoms with van der Waals surface area (Å²) in [6.07, 6.45) is 3.17. The van der Waals surface area contributed by atoms with Crippen molar-refractivity contribution in [2.75, 3.05) is 39.9 Å². The fourth-order valence-electron chi connectivity index (χ4n) is 3.34. The molecule has 1 aliphatic heterocycles. The number of benzene rings is 1. The summed E-state index contributed by atoms with van der Waals surface area (Å²) >= 11 is 0. The number of hydrogen-bond acceptors (Lipinski definition) is 5. The van der Waals surface area contributed by atoms with Gasteiger partial charge in [-0.3, -0.25) is 4.90 Å². The van der Waals surface area contributed by atoms with Crippen LogP contribution in [0.3, 0.4) is 0 Å². The van der Waals surface area contributed by atoms with Gasteiger partial charge in [0.25, 0.3) is 0 Å². The van der Waals surface area contributed by atoms with E-state index in [-0.39, 0.29) is 17.6 Å². The van der Waals surface area contributed by atoms with E-state index < -0.39 is 0 Å². The lowest BCUT2D eigenvalue weighted by atomic mass is 10.0. The first-order valence-electron chi connectivity index (χ1n) is 9.67. The van der Waals surface area contributed by atoms with Crippen molar-refractivity contribution in [3.05, 3.63) is 42.5 Å². The number of nitrogens with zero attached hydrogens (tertiary/aromatic N) is 5. The third-order valence-corrected chi connectivity index (χ3v) is 5.50. The van der Waals surface area contributed by atoms with Crippen LogP contribution in [0, 0.1) is 0 Å². The first-order valence-corrected chi connectivity index (χ1v) is 9.67. The normalized spacial score (nSPS) is 16.6. The summed E-state index contributed by atoms with van der Waals surface area (Å²) in [7, 11) is 1.83. The van der Waals surface area contributed by atoms with Gasteiger partial charge in [-0.25, -0.2) is 14.5 Å². The Morgan fingerprint density at radius 2 is 1.96 bits per heavy atom. The number of hydrogen-bond donors (Lipinski definition) is 1. The number of carbonyl (C=O) groups is 1. The summed E-state index contributed by atoms with van der Waals surface area (Å²) in [6.45, 7) is 10.2. The van der Waals surface area contributed by atoms with Crippen molar-refractivity contribution in [3.8, 4) is 5.69 Å². The van der Waals surface area contributed by atoms with Crippen molar-refractivity contribution in [1.29, 1.82) is 0 Å². The maximum atomic E-state index is 12.7. The van der Waals surface area contributed by atoms with Crippen LogP contribution in [0.5, 0.6) is 0 Å². The number of morpholine rings is 1. The molecule has 2 amide bonds. The number of nitrogens with one attached hydrogen (secondary N) is 1. The van der Waals surface area contributed by atoms with Crippen molar-refractivity contribution in [2.24, 2.45) is 0 Å². The van der Waals surface area contributed by atoms with Crippen LogP contribution in [0.4, 0.5) is 4.79 Å². The van der Waals surface area contributed by atoms with Crippen LogP contribution in [0.25, 0.3) is 5.69 Å². The van der Waals surface area contributed by atoms with Crippen molar-refractivity contribution in [2.45, 2.75) is 32.4 Å². The number of aromatic nitrogens is 3. The third kappa shape index (κ3) is 4.69. The SMILES string of the molecule is C[C@@H](c1ccc(-n2cncn2)cc1)N(C)C(=O)NCC(C)(C)N1CCOCC1. The molecule has 0 saturated carbocycles. The van der Waals surface area contributed by atoms with Gasteiger partial charge in [-0.2, -0.15) is 5.10 Å². The van der Waals surface area contributed by atoms with E-state index in [1.165, 1.54) is 6.33 Å². The van der Waals surface area contributed by atoms with Gasteiger partial charge in [0.15, 0.2) is 0 Å². The molecule has 28 heavy (non-hydrogen) atoms. The first kappa shape index (κ1) is 20.3. The quantitative estimate of drug-likeness (QED) is 0.823. The minimum absolute atomic E-state index is 0.0451. The number of rotatable bonds is 6. The lowest BCUT2D eigenvalue weighted by Gasteiger charge is -2.41. The maximum Gasteiger partial charge on any atom is 0.317 e. The number of ether oxygens (including phenoxy) is 1. The molecule has 3 rings (SSSR count). The van der Waals surface area contributed by atoms with Crippen LogP contribution < -0.4 is 5.32 Å². The zero-order valence-corrected chi connectivity index (χ0v) is 17.1. The topological polar surface area (TPSA) is 75.5 Å². The van der Waals surface area contributed by atoms with Gasteiger partial charge in [0, 0.05) is 32.2 Å². The molecule has 0 aliphatic carbocycles. The molecule has 2 heterocycles. The zero-order chi connectivity index (χ0) is 20.1. The molecule has 0 radical (unpaired) electrons. The van der Waals surface area contributed by atoms with Gasteiger partial charge in [0.1, 0.15) is 12.7 Å². The van der Waals surface area contributed by atoms with E-state index in [0.29, 0.717) is 6.54 Å². The standard InChI is InChI=1S/C20H30N6O2/c1-16(17-5-7-18(8-6-17)26-15-21-14-23-26)24(4)19(27)22-13-20(2,3)25-9-11-28-12-10-25/h5-8,14-16H,9-13H2,1-4H3,(H,22,27)/t16-/m0/s1. The Morgan fingerprint density at radius 3 is 2.57 bits per heavy atom. The highest BCUT2D eigenvalue weighted by Crippen LogP contribution is 2.21. The molecule has 8 heteroatoms. The van der Waals surface area contributed by atoms with Crippen LogP contribution in [-0.2, 0) is 4.74 Å². The summed E-state index contributed by atoms with van der Waals surface area (Å²) in [5.74, 6) is 0. The predicted molar refractivity (Wildman–Crippen MR) is 107 cm³/mol. The predicted octanol–water partition coefficient (Wildman–Crippen LogP) is 2.08. The second kappa shape index (κ2) is 8.70. The molecule has 1 aliphatic rings. The minimum Gasteiger partial charge on any atom is -0.379 e. The van der Waals surface area contributed by atoms with Gasteiger partial charge in [-0.05, 0) is 38.5 Å².